The first-order valence-corrected chi connectivity index (χ1v) is 11.1. The van der Waals surface area contributed by atoms with Crippen molar-refractivity contribution in [3.8, 4) is 11.5 Å². The minimum absolute atomic E-state index is 0.165. The number of amides is 1. The lowest BCUT2D eigenvalue weighted by atomic mass is 9.96. The summed E-state index contributed by atoms with van der Waals surface area (Å²) in [6, 6.07) is 16.7. The highest BCUT2D eigenvalue weighted by Crippen LogP contribution is 2.32. The molecule has 0 saturated carbocycles. The number of carbonyl (C=O) groups is 1. The van der Waals surface area contributed by atoms with Crippen LogP contribution in [-0.2, 0) is 11.3 Å². The fraction of sp³-hybridized carbons (Fsp3) is 0.458. The van der Waals surface area contributed by atoms with Gasteiger partial charge in [-0.1, -0.05) is 37.3 Å². The van der Waals surface area contributed by atoms with Crippen LogP contribution in [0, 0.1) is 0 Å². The average molecular weight is 412 g/mol. The molecule has 2 heterocycles. The van der Waals surface area contributed by atoms with Crippen molar-refractivity contribution >= 4 is 5.91 Å². The predicted octanol–water partition coefficient (Wildman–Crippen LogP) is 0.00870. The van der Waals surface area contributed by atoms with Crippen LogP contribution in [-0.4, -0.2) is 52.0 Å². The monoisotopic (exact) mass is 411 g/mol. The Bertz CT molecular complexity index is 835. The van der Waals surface area contributed by atoms with Gasteiger partial charge < -0.3 is 24.6 Å². The molecule has 0 aromatic heterocycles. The molecule has 3 N–H and O–H groups in total. The Hall–Kier alpha value is -2.57. The third-order valence-electron chi connectivity index (χ3n) is 6.28. The zero-order chi connectivity index (χ0) is 20.8. The van der Waals surface area contributed by atoms with Gasteiger partial charge in [0.2, 0.25) is 6.79 Å². The Morgan fingerprint density at radius 1 is 1.00 bits per heavy atom. The second-order valence-corrected chi connectivity index (χ2v) is 8.36. The van der Waals surface area contributed by atoms with Crippen molar-refractivity contribution in [3.05, 3.63) is 59.7 Å². The molecule has 0 bridgehead atoms. The van der Waals surface area contributed by atoms with Crippen LogP contribution in [0.25, 0.3) is 0 Å². The number of benzene rings is 2. The number of ether oxygens (including phenoxy) is 2. The number of nitrogens with one attached hydrogen (secondary N) is 3. The van der Waals surface area contributed by atoms with Gasteiger partial charge in [0, 0.05) is 18.0 Å². The van der Waals surface area contributed by atoms with Crippen molar-refractivity contribution in [2.24, 2.45) is 0 Å². The average Bonchev–Trinajstić information content (AvgIpc) is 3.24. The van der Waals surface area contributed by atoms with Gasteiger partial charge in [0.15, 0.2) is 18.0 Å². The van der Waals surface area contributed by atoms with Crippen LogP contribution in [0.15, 0.2) is 48.5 Å². The summed E-state index contributed by atoms with van der Waals surface area (Å²) in [6.45, 7) is 9.00. The van der Waals surface area contributed by atoms with E-state index in [0.29, 0.717) is 25.8 Å². The van der Waals surface area contributed by atoms with Crippen molar-refractivity contribution in [2.45, 2.75) is 25.8 Å². The van der Waals surface area contributed by atoms with Gasteiger partial charge in [-0.05, 0) is 30.2 Å². The highest BCUT2D eigenvalue weighted by Gasteiger charge is 2.25. The maximum Gasteiger partial charge on any atom is 0.275 e. The summed E-state index contributed by atoms with van der Waals surface area (Å²) in [5.41, 5.74) is 2.58. The van der Waals surface area contributed by atoms with Gasteiger partial charge in [0.1, 0.15) is 32.7 Å². The van der Waals surface area contributed by atoms with E-state index in [1.165, 1.54) is 16.0 Å². The Morgan fingerprint density at radius 3 is 2.50 bits per heavy atom. The van der Waals surface area contributed by atoms with E-state index < -0.39 is 0 Å². The number of hydrogen-bond acceptors (Lipinski definition) is 3. The summed E-state index contributed by atoms with van der Waals surface area (Å²) in [5, 5.41) is 3.16. The second kappa shape index (κ2) is 9.96. The van der Waals surface area contributed by atoms with E-state index in [1.54, 1.807) is 4.90 Å². The lowest BCUT2D eigenvalue weighted by molar-refractivity contribution is -1.02. The van der Waals surface area contributed by atoms with Gasteiger partial charge in [-0.25, -0.2) is 0 Å². The molecule has 0 aliphatic carbocycles. The van der Waals surface area contributed by atoms with E-state index in [2.05, 4.69) is 48.6 Å². The maximum atomic E-state index is 12.5. The Balaban J connectivity index is 1.18. The Labute approximate surface area is 178 Å². The van der Waals surface area contributed by atoms with Crippen molar-refractivity contribution in [1.82, 2.24) is 5.32 Å². The molecule has 1 atom stereocenters. The van der Waals surface area contributed by atoms with E-state index in [4.69, 9.17) is 9.47 Å². The van der Waals surface area contributed by atoms with Crippen LogP contribution in [0.4, 0.5) is 0 Å². The van der Waals surface area contributed by atoms with Crippen LogP contribution in [0.3, 0.4) is 0 Å². The van der Waals surface area contributed by atoms with Crippen LogP contribution >= 0.6 is 0 Å². The van der Waals surface area contributed by atoms with E-state index in [1.807, 2.05) is 12.1 Å². The van der Waals surface area contributed by atoms with E-state index >= 15 is 0 Å². The molecule has 160 valence electrons. The number of quaternary nitrogens is 2. The number of hydrogen-bond donors (Lipinski definition) is 3. The number of piperazine rings is 1. The van der Waals surface area contributed by atoms with Crippen molar-refractivity contribution in [2.75, 3.05) is 46.1 Å². The van der Waals surface area contributed by atoms with Gasteiger partial charge in [-0.3, -0.25) is 4.79 Å². The van der Waals surface area contributed by atoms with E-state index in [-0.39, 0.29) is 5.91 Å². The maximum absolute atomic E-state index is 12.5. The lowest BCUT2D eigenvalue weighted by Gasteiger charge is -2.29. The highest BCUT2D eigenvalue weighted by molar-refractivity contribution is 5.76. The van der Waals surface area contributed by atoms with Gasteiger partial charge in [-0.15, -0.1) is 0 Å². The SMILES string of the molecule is CC[C@@H](CNC(=O)C[NH+]1CC[NH+](Cc2ccc3c(c2)OCO3)CC1)c1ccccc1. The molecular formula is C24H33N3O3+2. The molecule has 1 fully saturated rings. The Kier molecular flexibility index (Phi) is 6.87. The number of rotatable bonds is 8. The third kappa shape index (κ3) is 5.32. The first kappa shape index (κ1) is 20.7. The quantitative estimate of drug-likeness (QED) is 0.574. The van der Waals surface area contributed by atoms with E-state index in [9.17, 15) is 4.79 Å². The van der Waals surface area contributed by atoms with Gasteiger partial charge in [0.25, 0.3) is 5.91 Å². The van der Waals surface area contributed by atoms with Crippen LogP contribution in [0.5, 0.6) is 11.5 Å². The molecule has 30 heavy (non-hydrogen) atoms. The van der Waals surface area contributed by atoms with Crippen LogP contribution < -0.4 is 24.6 Å². The highest BCUT2D eigenvalue weighted by atomic mass is 16.7. The summed E-state index contributed by atoms with van der Waals surface area (Å²) >= 11 is 0. The zero-order valence-corrected chi connectivity index (χ0v) is 17.8. The summed E-state index contributed by atoms with van der Waals surface area (Å²) in [4.78, 5) is 15.4. The molecule has 1 amide bonds. The molecule has 1 saturated heterocycles. The molecule has 0 radical (unpaired) electrons. The molecule has 0 spiro atoms. The normalized spacial score (nSPS) is 21.2. The van der Waals surface area contributed by atoms with Crippen molar-refractivity contribution < 1.29 is 24.1 Å². The molecule has 2 aliphatic rings. The first-order valence-electron chi connectivity index (χ1n) is 11.1. The molecule has 4 rings (SSSR count). The smallest absolute Gasteiger partial charge is 0.275 e. The van der Waals surface area contributed by atoms with Gasteiger partial charge in [0.05, 0.1) is 0 Å². The first-order chi connectivity index (χ1) is 14.7. The molecule has 2 aromatic carbocycles. The predicted molar refractivity (Wildman–Crippen MR) is 115 cm³/mol. The van der Waals surface area contributed by atoms with Gasteiger partial charge >= 0.3 is 0 Å². The number of fused-ring (bicyclic) bond motifs is 1. The van der Waals surface area contributed by atoms with Gasteiger partial charge in [-0.2, -0.15) is 0 Å². The van der Waals surface area contributed by atoms with Crippen LogP contribution in [0.1, 0.15) is 30.4 Å². The fourth-order valence-corrected chi connectivity index (χ4v) is 4.40. The van der Waals surface area contributed by atoms with Crippen molar-refractivity contribution in [1.29, 1.82) is 0 Å². The standard InChI is InChI=1S/C24H31N3O3/c1-2-20(21-6-4-3-5-7-21)15-25-24(28)17-27-12-10-26(11-13-27)16-19-8-9-22-23(14-19)30-18-29-22/h3-9,14,20H,2,10-13,15-18H2,1H3,(H,25,28)/p+2/t20-/m0/s1. The molecular weight excluding hydrogens is 378 g/mol. The molecule has 6 nitrogen and oxygen atoms in total. The summed E-state index contributed by atoms with van der Waals surface area (Å²) in [6.07, 6.45) is 1.03. The zero-order valence-electron chi connectivity index (χ0n) is 17.8. The lowest BCUT2D eigenvalue weighted by Crippen LogP contribution is -3.28. The molecule has 6 heteroatoms. The summed E-state index contributed by atoms with van der Waals surface area (Å²) < 4.78 is 10.9. The largest absolute Gasteiger partial charge is 0.454 e. The minimum Gasteiger partial charge on any atom is -0.454 e. The third-order valence-corrected chi connectivity index (χ3v) is 6.28. The summed E-state index contributed by atoms with van der Waals surface area (Å²) in [7, 11) is 0. The van der Waals surface area contributed by atoms with Crippen LogP contribution in [0.2, 0.25) is 0 Å². The molecule has 2 aliphatic heterocycles. The molecule has 0 unspecified atom stereocenters. The fourth-order valence-electron chi connectivity index (χ4n) is 4.40. The topological polar surface area (TPSA) is 56.4 Å². The summed E-state index contributed by atoms with van der Waals surface area (Å²) in [5.74, 6) is 2.24. The Morgan fingerprint density at radius 2 is 1.73 bits per heavy atom. The number of carbonyl (C=O) groups excluding carboxylic acids is 1. The van der Waals surface area contributed by atoms with Crippen molar-refractivity contribution in [3.63, 3.8) is 0 Å². The minimum atomic E-state index is 0.165. The molecule has 2 aromatic rings. The second-order valence-electron chi connectivity index (χ2n) is 8.36. The van der Waals surface area contributed by atoms with E-state index in [0.717, 1.165) is 50.6 Å².